The highest BCUT2D eigenvalue weighted by Gasteiger charge is 2.24. The number of hydrogen-bond acceptors (Lipinski definition) is 6. The molecule has 0 aromatic heterocycles. The molecule has 9 nitrogen and oxygen atoms in total. The third-order valence-corrected chi connectivity index (χ3v) is 4.32. The number of anilines is 1. The van der Waals surface area contributed by atoms with Crippen LogP contribution in [0.2, 0.25) is 0 Å². The number of non-ortho nitro benzene ring substituents is 1. The summed E-state index contributed by atoms with van der Waals surface area (Å²) in [7, 11) is 0. The molecular weight excluding hydrogens is 366 g/mol. The van der Waals surface area contributed by atoms with E-state index >= 15 is 0 Å². The summed E-state index contributed by atoms with van der Waals surface area (Å²) >= 11 is 0. The van der Waals surface area contributed by atoms with E-state index < -0.39 is 33.2 Å². The Morgan fingerprint density at radius 1 is 1.00 bits per heavy atom. The molecule has 9 heteroatoms. The Labute approximate surface area is 161 Å². The molecule has 2 aromatic carbocycles. The second kappa shape index (κ2) is 10.0. The molecule has 2 rings (SSSR count). The van der Waals surface area contributed by atoms with Gasteiger partial charge in [0.15, 0.2) is 0 Å². The van der Waals surface area contributed by atoms with Crippen molar-refractivity contribution in [3.63, 3.8) is 0 Å². The van der Waals surface area contributed by atoms with Gasteiger partial charge in [0.05, 0.1) is 15.9 Å². The van der Waals surface area contributed by atoms with E-state index in [1.165, 1.54) is 11.6 Å². The lowest BCUT2D eigenvalue weighted by molar-refractivity contribution is -0.393. The number of rotatable bonds is 11. The standard InChI is InChI=1S/C19H21N3O6/c23-19(24)17(10-6-2-5-9-14-7-3-1-4-8-14)20-16-12-11-15(21(25)26)13-18(16)22(27)28/h1,3-4,7-8,11-13,17,20H,2,5-6,9-10H2,(H,23,24). The predicted octanol–water partition coefficient (Wildman–Crippen LogP) is 4.17. The average Bonchev–Trinajstić information content (AvgIpc) is 2.67. The van der Waals surface area contributed by atoms with Gasteiger partial charge in [-0.05, 0) is 30.9 Å². The molecule has 0 heterocycles. The molecule has 2 N–H and O–H groups in total. The predicted molar refractivity (Wildman–Crippen MR) is 103 cm³/mol. The second-order valence-corrected chi connectivity index (χ2v) is 6.34. The van der Waals surface area contributed by atoms with E-state index in [2.05, 4.69) is 5.32 Å². The van der Waals surface area contributed by atoms with Crippen molar-refractivity contribution < 1.29 is 19.7 Å². The Morgan fingerprint density at radius 3 is 2.32 bits per heavy atom. The number of nitrogens with zero attached hydrogens (tertiary/aromatic N) is 2. The van der Waals surface area contributed by atoms with E-state index in [0.717, 1.165) is 31.4 Å². The van der Waals surface area contributed by atoms with Crippen molar-refractivity contribution in [3.8, 4) is 0 Å². The minimum atomic E-state index is -1.13. The zero-order valence-corrected chi connectivity index (χ0v) is 15.1. The summed E-state index contributed by atoms with van der Waals surface area (Å²) in [5, 5.41) is 34.0. The topological polar surface area (TPSA) is 136 Å². The molecule has 1 unspecified atom stereocenters. The maximum atomic E-state index is 11.5. The van der Waals surface area contributed by atoms with Gasteiger partial charge in [0.2, 0.25) is 0 Å². The van der Waals surface area contributed by atoms with Crippen molar-refractivity contribution in [2.24, 2.45) is 0 Å². The van der Waals surface area contributed by atoms with Gasteiger partial charge in [0.1, 0.15) is 11.7 Å². The Hall–Kier alpha value is -3.49. The molecule has 2 aromatic rings. The molecule has 28 heavy (non-hydrogen) atoms. The van der Waals surface area contributed by atoms with Gasteiger partial charge in [-0.2, -0.15) is 0 Å². The highest BCUT2D eigenvalue weighted by Crippen LogP contribution is 2.30. The maximum absolute atomic E-state index is 11.5. The van der Waals surface area contributed by atoms with Gasteiger partial charge in [0, 0.05) is 6.07 Å². The van der Waals surface area contributed by atoms with E-state index in [4.69, 9.17) is 0 Å². The van der Waals surface area contributed by atoms with Gasteiger partial charge in [-0.25, -0.2) is 4.79 Å². The molecule has 0 spiro atoms. The number of carboxylic acid groups (broad SMARTS) is 1. The molecular formula is C19H21N3O6. The van der Waals surface area contributed by atoms with Crippen LogP contribution in [0.4, 0.5) is 17.1 Å². The van der Waals surface area contributed by atoms with Crippen LogP contribution in [0, 0.1) is 20.2 Å². The summed E-state index contributed by atoms with van der Waals surface area (Å²) in [4.78, 5) is 32.0. The van der Waals surface area contributed by atoms with Crippen molar-refractivity contribution in [2.75, 3.05) is 5.32 Å². The molecule has 1 atom stereocenters. The monoisotopic (exact) mass is 387 g/mol. The Morgan fingerprint density at radius 2 is 1.71 bits per heavy atom. The lowest BCUT2D eigenvalue weighted by Gasteiger charge is -2.15. The average molecular weight is 387 g/mol. The van der Waals surface area contributed by atoms with Crippen molar-refractivity contribution in [3.05, 3.63) is 74.3 Å². The van der Waals surface area contributed by atoms with Crippen molar-refractivity contribution >= 4 is 23.0 Å². The van der Waals surface area contributed by atoms with Crippen LogP contribution in [0.3, 0.4) is 0 Å². The third-order valence-electron chi connectivity index (χ3n) is 4.32. The number of aliphatic carboxylic acids is 1. The van der Waals surface area contributed by atoms with Crippen LogP contribution in [0.1, 0.15) is 31.2 Å². The first kappa shape index (κ1) is 20.8. The third kappa shape index (κ3) is 6.04. The first-order valence-corrected chi connectivity index (χ1v) is 8.84. The molecule has 0 aliphatic heterocycles. The van der Waals surface area contributed by atoms with Gasteiger partial charge in [0.25, 0.3) is 11.4 Å². The van der Waals surface area contributed by atoms with Gasteiger partial charge in [-0.15, -0.1) is 0 Å². The quantitative estimate of drug-likeness (QED) is 0.335. The zero-order valence-electron chi connectivity index (χ0n) is 15.1. The number of nitro benzene ring substituents is 2. The number of nitrogens with one attached hydrogen (secondary N) is 1. The normalized spacial score (nSPS) is 11.6. The van der Waals surface area contributed by atoms with E-state index in [9.17, 15) is 30.1 Å². The lowest BCUT2D eigenvalue weighted by atomic mass is 10.0. The van der Waals surface area contributed by atoms with E-state index in [0.29, 0.717) is 6.42 Å². The second-order valence-electron chi connectivity index (χ2n) is 6.34. The maximum Gasteiger partial charge on any atom is 0.326 e. The minimum absolute atomic E-state index is 0.0488. The zero-order chi connectivity index (χ0) is 20.5. The minimum Gasteiger partial charge on any atom is -0.480 e. The van der Waals surface area contributed by atoms with E-state index in [-0.39, 0.29) is 12.1 Å². The number of carboxylic acids is 1. The summed E-state index contributed by atoms with van der Waals surface area (Å²) < 4.78 is 0. The van der Waals surface area contributed by atoms with Gasteiger partial charge < -0.3 is 10.4 Å². The molecule has 0 radical (unpaired) electrons. The number of hydrogen-bond donors (Lipinski definition) is 2. The molecule has 0 bridgehead atoms. The lowest BCUT2D eigenvalue weighted by Crippen LogP contribution is -2.29. The fourth-order valence-electron chi connectivity index (χ4n) is 2.85. The Balaban J connectivity index is 1.94. The number of nitro groups is 2. The first-order chi connectivity index (χ1) is 13.4. The molecule has 0 aliphatic rings. The summed E-state index contributed by atoms with van der Waals surface area (Å²) in [5.74, 6) is -1.13. The van der Waals surface area contributed by atoms with E-state index in [1.807, 2.05) is 30.3 Å². The van der Waals surface area contributed by atoms with Gasteiger partial charge in [-0.1, -0.05) is 43.2 Å². The largest absolute Gasteiger partial charge is 0.480 e. The summed E-state index contributed by atoms with van der Waals surface area (Å²) in [5.41, 5.74) is 0.221. The van der Waals surface area contributed by atoms with Crippen LogP contribution >= 0.6 is 0 Å². The molecule has 0 aliphatic carbocycles. The van der Waals surface area contributed by atoms with E-state index in [1.54, 1.807) is 0 Å². The number of unbranched alkanes of at least 4 members (excludes halogenated alkanes) is 2. The summed E-state index contributed by atoms with van der Waals surface area (Å²) in [6, 6.07) is 12.0. The van der Waals surface area contributed by atoms with Crippen LogP contribution in [0.15, 0.2) is 48.5 Å². The SMILES string of the molecule is O=C(O)C(CCCCCc1ccccc1)Nc1ccc([N+](=O)[O-])cc1[N+](=O)[O-]. The summed E-state index contributed by atoms with van der Waals surface area (Å²) in [6.07, 6.45) is 3.56. The molecule has 0 saturated carbocycles. The van der Waals surface area contributed by atoms with Gasteiger partial charge in [-0.3, -0.25) is 20.2 Å². The van der Waals surface area contributed by atoms with Gasteiger partial charge >= 0.3 is 5.97 Å². The highest BCUT2D eigenvalue weighted by atomic mass is 16.6. The fourth-order valence-corrected chi connectivity index (χ4v) is 2.85. The summed E-state index contributed by atoms with van der Waals surface area (Å²) in [6.45, 7) is 0. The van der Waals surface area contributed by atoms with Crippen molar-refractivity contribution in [2.45, 2.75) is 38.1 Å². The van der Waals surface area contributed by atoms with Crippen molar-refractivity contribution in [1.82, 2.24) is 0 Å². The van der Waals surface area contributed by atoms with Crippen molar-refractivity contribution in [1.29, 1.82) is 0 Å². The van der Waals surface area contributed by atoms with Crippen LogP contribution in [0.5, 0.6) is 0 Å². The first-order valence-electron chi connectivity index (χ1n) is 8.84. The molecule has 148 valence electrons. The van der Waals surface area contributed by atoms with Crippen LogP contribution in [0.25, 0.3) is 0 Å². The number of carbonyl (C=O) groups is 1. The van der Waals surface area contributed by atoms with Crippen LogP contribution in [-0.4, -0.2) is 27.0 Å². The number of aryl methyl sites for hydroxylation is 1. The fraction of sp³-hybridized carbons (Fsp3) is 0.316. The molecule has 0 fully saturated rings. The Kier molecular flexibility index (Phi) is 7.44. The molecule has 0 amide bonds. The molecule has 0 saturated heterocycles. The highest BCUT2D eigenvalue weighted by molar-refractivity contribution is 5.79. The van der Waals surface area contributed by atoms with Crippen LogP contribution in [-0.2, 0) is 11.2 Å². The van der Waals surface area contributed by atoms with Crippen LogP contribution < -0.4 is 5.32 Å². The Bertz CT molecular complexity index is 841. The number of benzene rings is 2. The smallest absolute Gasteiger partial charge is 0.326 e.